The van der Waals surface area contributed by atoms with Gasteiger partial charge in [0.1, 0.15) is 0 Å². The van der Waals surface area contributed by atoms with Gasteiger partial charge in [0, 0.05) is 17.9 Å². The van der Waals surface area contributed by atoms with Crippen molar-refractivity contribution in [3.8, 4) is 0 Å². The van der Waals surface area contributed by atoms with Gasteiger partial charge in [-0.05, 0) is 31.4 Å². The second-order valence-corrected chi connectivity index (χ2v) is 7.54. The highest BCUT2D eigenvalue weighted by Gasteiger charge is 2.39. The van der Waals surface area contributed by atoms with E-state index < -0.39 is 0 Å². The summed E-state index contributed by atoms with van der Waals surface area (Å²) in [5.41, 5.74) is 0.841. The van der Waals surface area contributed by atoms with E-state index in [1.54, 1.807) is 0 Å². The molecular formula is C17H20N2O3S. The normalized spacial score (nSPS) is 29.7. The van der Waals surface area contributed by atoms with Gasteiger partial charge in [0.15, 0.2) is 0 Å². The smallest absolute Gasteiger partial charge is 0.238 e. The Balaban J connectivity index is 1.45. The van der Waals surface area contributed by atoms with Crippen LogP contribution >= 0.6 is 11.8 Å². The SMILES string of the molecule is O=C1Nc2ccccc2S[C@@H]1CC(=O)N1CCO[C@@H]2CCC[C@H]21. The Morgan fingerprint density at radius 3 is 3.13 bits per heavy atom. The van der Waals surface area contributed by atoms with Crippen LogP contribution in [0.4, 0.5) is 5.69 Å². The van der Waals surface area contributed by atoms with Crippen LogP contribution in [-0.4, -0.2) is 47.3 Å². The molecule has 2 heterocycles. The van der Waals surface area contributed by atoms with Crippen molar-refractivity contribution < 1.29 is 14.3 Å². The molecule has 3 aliphatic rings. The molecule has 1 N–H and O–H groups in total. The van der Waals surface area contributed by atoms with Crippen molar-refractivity contribution in [2.75, 3.05) is 18.5 Å². The van der Waals surface area contributed by atoms with Gasteiger partial charge in [-0.15, -0.1) is 11.8 Å². The van der Waals surface area contributed by atoms with Gasteiger partial charge < -0.3 is 15.0 Å². The molecule has 2 aliphatic heterocycles. The molecule has 1 saturated heterocycles. The molecule has 6 heteroatoms. The second kappa shape index (κ2) is 6.17. The van der Waals surface area contributed by atoms with E-state index in [1.807, 2.05) is 29.2 Å². The lowest BCUT2D eigenvalue weighted by molar-refractivity contribution is -0.144. The van der Waals surface area contributed by atoms with Gasteiger partial charge in [-0.25, -0.2) is 0 Å². The van der Waals surface area contributed by atoms with Crippen LogP contribution in [0.1, 0.15) is 25.7 Å². The molecule has 0 spiro atoms. The average Bonchev–Trinajstić information content (AvgIpc) is 3.04. The number of nitrogens with zero attached hydrogens (tertiary/aromatic N) is 1. The monoisotopic (exact) mass is 332 g/mol. The zero-order valence-electron chi connectivity index (χ0n) is 12.9. The Morgan fingerprint density at radius 1 is 1.35 bits per heavy atom. The molecule has 1 aromatic carbocycles. The molecule has 5 nitrogen and oxygen atoms in total. The van der Waals surface area contributed by atoms with Crippen LogP contribution < -0.4 is 5.32 Å². The number of benzene rings is 1. The number of thioether (sulfide) groups is 1. The van der Waals surface area contributed by atoms with Crippen molar-refractivity contribution in [3.63, 3.8) is 0 Å². The Hall–Kier alpha value is -1.53. The Morgan fingerprint density at radius 2 is 2.22 bits per heavy atom. The summed E-state index contributed by atoms with van der Waals surface area (Å²) in [5, 5.41) is 2.56. The Labute approximate surface area is 139 Å². The zero-order chi connectivity index (χ0) is 15.8. The summed E-state index contributed by atoms with van der Waals surface area (Å²) in [6.07, 6.45) is 3.63. The largest absolute Gasteiger partial charge is 0.374 e. The predicted molar refractivity (Wildman–Crippen MR) is 88.4 cm³/mol. The number of nitrogens with one attached hydrogen (secondary N) is 1. The fraction of sp³-hybridized carbons (Fsp3) is 0.529. The van der Waals surface area contributed by atoms with Gasteiger partial charge in [0.25, 0.3) is 0 Å². The summed E-state index contributed by atoms with van der Waals surface area (Å²) < 4.78 is 5.76. The standard InChI is InChI=1S/C17H20N2O3S/c20-16(19-8-9-22-13-6-3-5-12(13)19)10-15-17(21)18-11-4-1-2-7-14(11)23-15/h1-2,4,7,12-13,15H,3,5-6,8-10H2,(H,18,21)/t12-,13-,15-/m1/s1. The molecule has 1 aliphatic carbocycles. The molecule has 0 aromatic heterocycles. The third-order valence-corrected chi connectivity index (χ3v) is 6.14. The van der Waals surface area contributed by atoms with Crippen molar-refractivity contribution in [1.82, 2.24) is 4.90 Å². The molecule has 0 bridgehead atoms. The number of morpholine rings is 1. The molecule has 1 saturated carbocycles. The van der Waals surface area contributed by atoms with Crippen LogP contribution in [-0.2, 0) is 14.3 Å². The summed E-state index contributed by atoms with van der Waals surface area (Å²) in [6.45, 7) is 1.26. The minimum atomic E-state index is -0.347. The maximum Gasteiger partial charge on any atom is 0.238 e. The van der Waals surface area contributed by atoms with E-state index >= 15 is 0 Å². The number of ether oxygens (including phenoxy) is 1. The van der Waals surface area contributed by atoms with Crippen LogP contribution in [0.15, 0.2) is 29.2 Å². The molecule has 122 valence electrons. The quantitative estimate of drug-likeness (QED) is 0.903. The van der Waals surface area contributed by atoms with E-state index in [4.69, 9.17) is 4.74 Å². The minimum Gasteiger partial charge on any atom is -0.374 e. The summed E-state index contributed by atoms with van der Waals surface area (Å²) in [5.74, 6) is 0.00973. The van der Waals surface area contributed by atoms with Gasteiger partial charge in [-0.1, -0.05) is 12.1 Å². The van der Waals surface area contributed by atoms with E-state index in [9.17, 15) is 9.59 Å². The van der Waals surface area contributed by atoms with Crippen molar-refractivity contribution in [1.29, 1.82) is 0 Å². The summed E-state index contributed by atoms with van der Waals surface area (Å²) in [6, 6.07) is 7.94. The number of para-hydroxylation sites is 1. The van der Waals surface area contributed by atoms with Crippen LogP contribution in [0, 0.1) is 0 Å². The maximum absolute atomic E-state index is 12.7. The molecule has 23 heavy (non-hydrogen) atoms. The lowest BCUT2D eigenvalue weighted by atomic mass is 10.1. The fourth-order valence-corrected chi connectivity index (χ4v) is 4.84. The molecular weight excluding hydrogens is 312 g/mol. The van der Waals surface area contributed by atoms with Crippen molar-refractivity contribution in [2.24, 2.45) is 0 Å². The Bertz CT molecular complexity index is 636. The first kappa shape index (κ1) is 15.0. The summed E-state index contributed by atoms with van der Waals surface area (Å²) >= 11 is 1.49. The van der Waals surface area contributed by atoms with Crippen molar-refractivity contribution >= 4 is 29.3 Å². The molecule has 1 aromatic rings. The number of fused-ring (bicyclic) bond motifs is 2. The first-order chi connectivity index (χ1) is 11.2. The van der Waals surface area contributed by atoms with Crippen LogP contribution in [0.5, 0.6) is 0 Å². The fourth-order valence-electron chi connectivity index (χ4n) is 3.74. The van der Waals surface area contributed by atoms with Gasteiger partial charge >= 0.3 is 0 Å². The molecule has 0 radical (unpaired) electrons. The highest BCUT2D eigenvalue weighted by molar-refractivity contribution is 8.01. The number of hydrogen-bond donors (Lipinski definition) is 1. The van der Waals surface area contributed by atoms with E-state index in [0.29, 0.717) is 13.2 Å². The average molecular weight is 332 g/mol. The van der Waals surface area contributed by atoms with Crippen LogP contribution in [0.3, 0.4) is 0 Å². The minimum absolute atomic E-state index is 0.0710. The first-order valence-electron chi connectivity index (χ1n) is 8.20. The topological polar surface area (TPSA) is 58.6 Å². The molecule has 3 atom stereocenters. The van der Waals surface area contributed by atoms with Crippen molar-refractivity contribution in [2.45, 2.75) is 48.0 Å². The molecule has 2 fully saturated rings. The molecule has 2 amide bonds. The number of anilines is 1. The van der Waals surface area contributed by atoms with Crippen LogP contribution in [0.2, 0.25) is 0 Å². The van der Waals surface area contributed by atoms with Gasteiger partial charge in [-0.3, -0.25) is 9.59 Å². The summed E-state index contributed by atoms with van der Waals surface area (Å²) in [7, 11) is 0. The third kappa shape index (κ3) is 2.85. The van der Waals surface area contributed by atoms with Gasteiger partial charge in [-0.2, -0.15) is 0 Å². The van der Waals surface area contributed by atoms with E-state index in [0.717, 1.165) is 29.8 Å². The highest BCUT2D eigenvalue weighted by Crippen LogP contribution is 2.37. The van der Waals surface area contributed by atoms with E-state index in [1.165, 1.54) is 11.8 Å². The summed E-state index contributed by atoms with van der Waals surface area (Å²) in [4.78, 5) is 28.0. The maximum atomic E-state index is 12.7. The number of hydrogen-bond acceptors (Lipinski definition) is 4. The van der Waals surface area contributed by atoms with Crippen LogP contribution in [0.25, 0.3) is 0 Å². The zero-order valence-corrected chi connectivity index (χ0v) is 13.7. The molecule has 0 unspecified atom stereocenters. The third-order valence-electron chi connectivity index (χ3n) is 4.87. The molecule has 4 rings (SSSR count). The van der Waals surface area contributed by atoms with E-state index in [2.05, 4.69) is 5.32 Å². The van der Waals surface area contributed by atoms with Gasteiger partial charge in [0.05, 0.1) is 29.7 Å². The predicted octanol–water partition coefficient (Wildman–Crippen LogP) is 2.27. The second-order valence-electron chi connectivity index (χ2n) is 6.29. The Kier molecular flexibility index (Phi) is 4.03. The van der Waals surface area contributed by atoms with Gasteiger partial charge in [0.2, 0.25) is 11.8 Å². The first-order valence-corrected chi connectivity index (χ1v) is 9.08. The number of carbonyl (C=O) groups is 2. The van der Waals surface area contributed by atoms with E-state index in [-0.39, 0.29) is 35.6 Å². The highest BCUT2D eigenvalue weighted by atomic mass is 32.2. The van der Waals surface area contributed by atoms with Crippen molar-refractivity contribution in [3.05, 3.63) is 24.3 Å². The number of rotatable bonds is 2. The number of carbonyl (C=O) groups excluding carboxylic acids is 2. The lowest BCUT2D eigenvalue weighted by Gasteiger charge is -2.38. The lowest BCUT2D eigenvalue weighted by Crippen LogP contribution is -2.52. The number of amides is 2.